The van der Waals surface area contributed by atoms with Crippen LogP contribution in [0.4, 0.5) is 0 Å². The van der Waals surface area contributed by atoms with E-state index in [1.165, 1.54) is 16.3 Å². The Kier molecular flexibility index (Phi) is 3.54. The molecule has 2 aromatic rings. The van der Waals surface area contributed by atoms with Crippen LogP contribution in [0.25, 0.3) is 10.8 Å². The van der Waals surface area contributed by atoms with Gasteiger partial charge in [0.15, 0.2) is 0 Å². The van der Waals surface area contributed by atoms with Crippen LogP contribution in [0.5, 0.6) is 0 Å². The Bertz CT molecular complexity index is 561. The number of ether oxygens (including phenoxy) is 1. The van der Waals surface area contributed by atoms with Crippen molar-refractivity contribution in [3.63, 3.8) is 0 Å². The molecule has 1 aliphatic heterocycles. The largest absolute Gasteiger partial charge is 0.377 e. The Morgan fingerprint density at radius 2 is 1.95 bits per heavy atom. The van der Waals surface area contributed by atoms with Gasteiger partial charge in [-0.1, -0.05) is 42.5 Å². The normalized spacial score (nSPS) is 24.7. The van der Waals surface area contributed by atoms with Crippen LogP contribution < -0.4 is 5.32 Å². The molecule has 1 N–H and O–H groups in total. The van der Waals surface area contributed by atoms with Gasteiger partial charge in [0.1, 0.15) is 0 Å². The lowest BCUT2D eigenvalue weighted by Crippen LogP contribution is -2.36. The van der Waals surface area contributed by atoms with E-state index in [1.54, 1.807) is 0 Å². The van der Waals surface area contributed by atoms with Crippen molar-refractivity contribution in [2.45, 2.75) is 38.5 Å². The fourth-order valence-corrected chi connectivity index (χ4v) is 2.99. The van der Waals surface area contributed by atoms with Gasteiger partial charge in [0.25, 0.3) is 0 Å². The maximum atomic E-state index is 5.63. The summed E-state index contributed by atoms with van der Waals surface area (Å²) >= 11 is 0. The minimum absolute atomic E-state index is 0.317. The molecule has 1 heterocycles. The third kappa shape index (κ3) is 2.51. The van der Waals surface area contributed by atoms with E-state index in [2.05, 4.69) is 61.6 Å². The van der Waals surface area contributed by atoms with Gasteiger partial charge in [-0.3, -0.25) is 0 Å². The second kappa shape index (κ2) is 5.32. The molecule has 0 bridgehead atoms. The van der Waals surface area contributed by atoms with Crippen LogP contribution in [0, 0.1) is 0 Å². The third-order valence-corrected chi connectivity index (χ3v) is 4.13. The Morgan fingerprint density at radius 1 is 1.16 bits per heavy atom. The molecule has 19 heavy (non-hydrogen) atoms. The molecule has 0 radical (unpaired) electrons. The summed E-state index contributed by atoms with van der Waals surface area (Å²) in [4.78, 5) is 0. The summed E-state index contributed by atoms with van der Waals surface area (Å²) in [5, 5.41) is 6.37. The molecule has 100 valence electrons. The highest BCUT2D eigenvalue weighted by molar-refractivity contribution is 5.86. The molecular formula is C17H21NO. The smallest absolute Gasteiger partial charge is 0.0700 e. The SMILES string of the molecule is CC(NC1CCOC1C)c1cccc2ccccc12. The zero-order valence-corrected chi connectivity index (χ0v) is 11.6. The molecule has 0 aromatic heterocycles. The monoisotopic (exact) mass is 255 g/mol. The van der Waals surface area contributed by atoms with Crippen LogP contribution in [0.2, 0.25) is 0 Å². The van der Waals surface area contributed by atoms with E-state index in [9.17, 15) is 0 Å². The lowest BCUT2D eigenvalue weighted by molar-refractivity contribution is 0.111. The molecule has 3 atom stereocenters. The van der Waals surface area contributed by atoms with Crippen molar-refractivity contribution in [2.24, 2.45) is 0 Å². The van der Waals surface area contributed by atoms with Gasteiger partial charge in [-0.15, -0.1) is 0 Å². The zero-order chi connectivity index (χ0) is 13.2. The van der Waals surface area contributed by atoms with Crippen LogP contribution in [-0.4, -0.2) is 18.8 Å². The summed E-state index contributed by atoms with van der Waals surface area (Å²) in [6, 6.07) is 15.9. The predicted octanol–water partition coefficient (Wildman–Crippen LogP) is 3.67. The fraction of sp³-hybridized carbons (Fsp3) is 0.412. The molecule has 3 rings (SSSR count). The summed E-state index contributed by atoms with van der Waals surface area (Å²) in [6.45, 7) is 5.27. The van der Waals surface area contributed by atoms with E-state index in [1.807, 2.05) is 0 Å². The van der Waals surface area contributed by atoms with E-state index in [4.69, 9.17) is 4.74 Å². The summed E-state index contributed by atoms with van der Waals surface area (Å²) in [7, 11) is 0. The van der Waals surface area contributed by atoms with Crippen molar-refractivity contribution in [2.75, 3.05) is 6.61 Å². The molecule has 3 unspecified atom stereocenters. The van der Waals surface area contributed by atoms with Crippen molar-refractivity contribution in [1.82, 2.24) is 5.32 Å². The van der Waals surface area contributed by atoms with Crippen LogP contribution in [-0.2, 0) is 4.74 Å². The van der Waals surface area contributed by atoms with Gasteiger partial charge < -0.3 is 10.1 Å². The van der Waals surface area contributed by atoms with Crippen molar-refractivity contribution in [3.8, 4) is 0 Å². The first-order valence-corrected chi connectivity index (χ1v) is 7.11. The van der Waals surface area contributed by atoms with Gasteiger partial charge in [-0.2, -0.15) is 0 Å². The first kappa shape index (κ1) is 12.6. The van der Waals surface area contributed by atoms with Gasteiger partial charge in [0.2, 0.25) is 0 Å². The Hall–Kier alpha value is -1.38. The molecule has 1 aliphatic rings. The molecule has 1 fully saturated rings. The van der Waals surface area contributed by atoms with Gasteiger partial charge in [0, 0.05) is 18.7 Å². The molecule has 0 spiro atoms. The Labute approximate surface area is 114 Å². The number of hydrogen-bond acceptors (Lipinski definition) is 2. The van der Waals surface area contributed by atoms with Crippen LogP contribution in [0.15, 0.2) is 42.5 Å². The van der Waals surface area contributed by atoms with E-state index < -0.39 is 0 Å². The van der Waals surface area contributed by atoms with Crippen molar-refractivity contribution >= 4 is 10.8 Å². The Morgan fingerprint density at radius 3 is 2.74 bits per heavy atom. The molecule has 2 nitrogen and oxygen atoms in total. The number of hydrogen-bond donors (Lipinski definition) is 1. The van der Waals surface area contributed by atoms with Gasteiger partial charge in [-0.25, -0.2) is 0 Å². The predicted molar refractivity (Wildman–Crippen MR) is 79.3 cm³/mol. The first-order chi connectivity index (χ1) is 9.25. The average molecular weight is 255 g/mol. The highest BCUT2D eigenvalue weighted by Gasteiger charge is 2.25. The molecule has 2 heteroatoms. The summed E-state index contributed by atoms with van der Waals surface area (Å²) in [6.07, 6.45) is 1.42. The van der Waals surface area contributed by atoms with Crippen LogP contribution in [0.1, 0.15) is 31.9 Å². The van der Waals surface area contributed by atoms with Gasteiger partial charge in [0.05, 0.1) is 6.10 Å². The molecule has 2 aromatic carbocycles. The fourth-order valence-electron chi connectivity index (χ4n) is 2.99. The van der Waals surface area contributed by atoms with Crippen molar-refractivity contribution in [1.29, 1.82) is 0 Å². The number of rotatable bonds is 3. The lowest BCUT2D eigenvalue weighted by atomic mass is 9.98. The standard InChI is InChI=1S/C17H21NO/c1-12(18-17-10-11-19-13(17)2)15-9-5-7-14-6-3-4-8-16(14)15/h3-9,12-13,17-18H,10-11H2,1-2H3. The molecule has 0 amide bonds. The van der Waals surface area contributed by atoms with Gasteiger partial charge >= 0.3 is 0 Å². The second-order valence-corrected chi connectivity index (χ2v) is 5.43. The van der Waals surface area contributed by atoms with Gasteiger partial charge in [-0.05, 0) is 36.6 Å². The van der Waals surface area contributed by atoms with E-state index in [0.29, 0.717) is 18.2 Å². The van der Waals surface area contributed by atoms with Crippen LogP contribution in [0.3, 0.4) is 0 Å². The lowest BCUT2D eigenvalue weighted by Gasteiger charge is -2.23. The first-order valence-electron chi connectivity index (χ1n) is 7.11. The molecule has 0 aliphatic carbocycles. The highest BCUT2D eigenvalue weighted by Crippen LogP contribution is 2.25. The van der Waals surface area contributed by atoms with Crippen molar-refractivity contribution in [3.05, 3.63) is 48.0 Å². The molecular weight excluding hydrogens is 234 g/mol. The quantitative estimate of drug-likeness (QED) is 0.903. The molecule has 0 saturated carbocycles. The zero-order valence-electron chi connectivity index (χ0n) is 11.6. The number of benzene rings is 2. The van der Waals surface area contributed by atoms with E-state index >= 15 is 0 Å². The minimum Gasteiger partial charge on any atom is -0.377 e. The summed E-state index contributed by atoms with van der Waals surface area (Å²) in [5.74, 6) is 0. The average Bonchev–Trinajstić information content (AvgIpc) is 2.83. The van der Waals surface area contributed by atoms with Crippen molar-refractivity contribution < 1.29 is 4.74 Å². The topological polar surface area (TPSA) is 21.3 Å². The van der Waals surface area contributed by atoms with Crippen LogP contribution >= 0.6 is 0 Å². The number of fused-ring (bicyclic) bond motifs is 1. The summed E-state index contributed by atoms with van der Waals surface area (Å²) < 4.78 is 5.63. The second-order valence-electron chi connectivity index (χ2n) is 5.43. The Balaban J connectivity index is 1.87. The highest BCUT2D eigenvalue weighted by atomic mass is 16.5. The maximum absolute atomic E-state index is 5.63. The number of nitrogens with one attached hydrogen (secondary N) is 1. The van der Waals surface area contributed by atoms with E-state index in [0.717, 1.165) is 13.0 Å². The third-order valence-electron chi connectivity index (χ3n) is 4.13. The summed E-state index contributed by atoms with van der Waals surface area (Å²) in [5.41, 5.74) is 1.37. The minimum atomic E-state index is 0.317. The molecule has 1 saturated heterocycles. The van der Waals surface area contributed by atoms with E-state index in [-0.39, 0.29) is 0 Å². The maximum Gasteiger partial charge on any atom is 0.0700 e.